The number of amides is 2. The Morgan fingerprint density at radius 3 is 2.42 bits per heavy atom. The summed E-state index contributed by atoms with van der Waals surface area (Å²) in [5, 5.41) is 2.28. The van der Waals surface area contributed by atoms with Crippen molar-refractivity contribution in [2.24, 2.45) is 0 Å². The van der Waals surface area contributed by atoms with Crippen molar-refractivity contribution in [2.75, 3.05) is 40.0 Å². The highest BCUT2D eigenvalue weighted by molar-refractivity contribution is 5.87. The molecule has 0 aliphatic carbocycles. The standard InChI is InChI=1S/C11H16N2O6.C10H13FO.C2H6/c1-17-10(16)8-4-11(18-2-3-19-11)6-13(8)9(15)5-12-7-14;1-2-3-8-12-10-6-4-9(11)5-7-10;1-2/h7-8H,2-6H2,1H3,(H,12,14);4-7H,2-3,8H2,1H3;1-2H3. The Morgan fingerprint density at radius 1 is 1.24 bits per heavy atom. The molecule has 0 aromatic heterocycles. The second kappa shape index (κ2) is 15.2. The van der Waals surface area contributed by atoms with E-state index in [2.05, 4.69) is 17.0 Å². The van der Waals surface area contributed by atoms with Crippen LogP contribution in [0.1, 0.15) is 40.0 Å². The van der Waals surface area contributed by atoms with Gasteiger partial charge in [-0.2, -0.15) is 0 Å². The van der Waals surface area contributed by atoms with Gasteiger partial charge in [-0.15, -0.1) is 0 Å². The van der Waals surface area contributed by atoms with Crippen molar-refractivity contribution in [1.82, 2.24) is 10.2 Å². The van der Waals surface area contributed by atoms with Gasteiger partial charge in [-0.25, -0.2) is 9.18 Å². The second-order valence-electron chi connectivity index (χ2n) is 7.03. The van der Waals surface area contributed by atoms with Crippen LogP contribution in [0.25, 0.3) is 0 Å². The normalized spacial score (nSPS) is 17.8. The molecule has 0 bridgehead atoms. The molecule has 3 rings (SSSR count). The number of carbonyl (C=O) groups is 3. The summed E-state index contributed by atoms with van der Waals surface area (Å²) in [7, 11) is 1.26. The third-order valence-electron chi connectivity index (χ3n) is 4.82. The van der Waals surface area contributed by atoms with Crippen LogP contribution in [0.4, 0.5) is 4.39 Å². The van der Waals surface area contributed by atoms with Gasteiger partial charge in [0.05, 0.1) is 40.0 Å². The van der Waals surface area contributed by atoms with Crippen molar-refractivity contribution < 1.29 is 37.7 Å². The van der Waals surface area contributed by atoms with Gasteiger partial charge >= 0.3 is 5.97 Å². The van der Waals surface area contributed by atoms with E-state index in [1.807, 2.05) is 13.8 Å². The van der Waals surface area contributed by atoms with E-state index in [1.165, 1.54) is 24.1 Å². The predicted molar refractivity (Wildman–Crippen MR) is 119 cm³/mol. The fourth-order valence-corrected chi connectivity index (χ4v) is 3.25. The SMILES string of the molecule is CC.CCCCOc1ccc(F)cc1.COC(=O)C1CC2(CN1C(=O)CNC=O)OCCO2. The number of rotatable bonds is 8. The zero-order valence-electron chi connectivity index (χ0n) is 19.8. The van der Waals surface area contributed by atoms with Crippen LogP contribution in [0.5, 0.6) is 5.75 Å². The largest absolute Gasteiger partial charge is 0.494 e. The quantitative estimate of drug-likeness (QED) is 0.353. The third kappa shape index (κ3) is 8.97. The van der Waals surface area contributed by atoms with Crippen LogP contribution < -0.4 is 10.1 Å². The van der Waals surface area contributed by atoms with E-state index in [4.69, 9.17) is 14.2 Å². The first-order valence-electron chi connectivity index (χ1n) is 11.2. The Morgan fingerprint density at radius 2 is 1.88 bits per heavy atom. The maximum Gasteiger partial charge on any atom is 0.328 e. The lowest BCUT2D eigenvalue weighted by Gasteiger charge is -2.23. The van der Waals surface area contributed by atoms with Crippen molar-refractivity contribution in [3.63, 3.8) is 0 Å². The zero-order valence-corrected chi connectivity index (χ0v) is 19.8. The summed E-state index contributed by atoms with van der Waals surface area (Å²) in [6, 6.07) is 5.35. The minimum Gasteiger partial charge on any atom is -0.494 e. The summed E-state index contributed by atoms with van der Waals surface area (Å²) in [6.45, 7) is 7.67. The smallest absolute Gasteiger partial charge is 0.328 e. The van der Waals surface area contributed by atoms with Gasteiger partial charge in [0.15, 0.2) is 5.79 Å². The Balaban J connectivity index is 0.000000335. The van der Waals surface area contributed by atoms with Crippen molar-refractivity contribution in [3.05, 3.63) is 30.1 Å². The number of methoxy groups -OCH3 is 1. The highest BCUT2D eigenvalue weighted by atomic mass is 19.1. The third-order valence-corrected chi connectivity index (χ3v) is 4.82. The van der Waals surface area contributed by atoms with E-state index < -0.39 is 17.8 Å². The predicted octanol–water partition coefficient (Wildman–Crippen LogP) is 2.28. The summed E-state index contributed by atoms with van der Waals surface area (Å²) in [5.74, 6) is -1.30. The van der Waals surface area contributed by atoms with Crippen LogP contribution in [0.2, 0.25) is 0 Å². The molecule has 2 fully saturated rings. The molecule has 1 atom stereocenters. The molecule has 9 nitrogen and oxygen atoms in total. The number of hydrogen-bond donors (Lipinski definition) is 1. The lowest BCUT2D eigenvalue weighted by molar-refractivity contribution is -0.152. The number of nitrogens with one attached hydrogen (secondary N) is 1. The number of nitrogens with zero attached hydrogens (tertiary/aromatic N) is 1. The molecule has 1 spiro atoms. The molecule has 1 aromatic carbocycles. The van der Waals surface area contributed by atoms with Gasteiger partial charge in [-0.3, -0.25) is 9.59 Å². The van der Waals surface area contributed by atoms with Crippen molar-refractivity contribution >= 4 is 18.3 Å². The molecule has 33 heavy (non-hydrogen) atoms. The molecule has 2 aliphatic heterocycles. The molecule has 1 N–H and O–H groups in total. The molecule has 2 amide bonds. The van der Waals surface area contributed by atoms with Gasteiger partial charge < -0.3 is 29.2 Å². The molecule has 2 heterocycles. The van der Waals surface area contributed by atoms with Crippen LogP contribution in [-0.4, -0.2) is 75.0 Å². The number of esters is 1. The molecule has 10 heteroatoms. The van der Waals surface area contributed by atoms with Crippen molar-refractivity contribution in [1.29, 1.82) is 0 Å². The molecular weight excluding hydrogens is 435 g/mol. The molecule has 2 aliphatic rings. The molecule has 186 valence electrons. The lowest BCUT2D eigenvalue weighted by atomic mass is 10.1. The number of ether oxygens (including phenoxy) is 4. The Bertz CT molecular complexity index is 724. The average Bonchev–Trinajstić information content (AvgIpc) is 3.47. The Hall–Kier alpha value is -2.72. The highest BCUT2D eigenvalue weighted by Gasteiger charge is 2.52. The van der Waals surface area contributed by atoms with Gasteiger partial charge in [0.2, 0.25) is 12.3 Å². The van der Waals surface area contributed by atoms with E-state index >= 15 is 0 Å². The molecular formula is C23H35FN2O7. The molecule has 1 aromatic rings. The average molecular weight is 471 g/mol. The fraction of sp³-hybridized carbons (Fsp3) is 0.609. The highest BCUT2D eigenvalue weighted by Crippen LogP contribution is 2.35. The zero-order chi connectivity index (χ0) is 24.7. The van der Waals surface area contributed by atoms with E-state index in [-0.39, 0.29) is 31.2 Å². The van der Waals surface area contributed by atoms with E-state index in [9.17, 15) is 18.8 Å². The van der Waals surface area contributed by atoms with Crippen LogP contribution in [-0.2, 0) is 28.6 Å². The second-order valence-corrected chi connectivity index (χ2v) is 7.03. The first-order valence-corrected chi connectivity index (χ1v) is 11.2. The van der Waals surface area contributed by atoms with Gasteiger partial charge in [0.1, 0.15) is 17.6 Å². The number of unbranched alkanes of at least 4 members (excludes halogenated alkanes) is 1. The first-order chi connectivity index (χ1) is 15.9. The summed E-state index contributed by atoms with van der Waals surface area (Å²) in [4.78, 5) is 35.2. The minimum absolute atomic E-state index is 0.159. The maximum absolute atomic E-state index is 12.4. The number of likely N-dealkylation sites (tertiary alicyclic amines) is 1. The molecule has 0 saturated carbocycles. The minimum atomic E-state index is -0.921. The summed E-state index contributed by atoms with van der Waals surface area (Å²) >= 11 is 0. The molecule has 1 unspecified atom stereocenters. The maximum atomic E-state index is 12.4. The van der Waals surface area contributed by atoms with Crippen LogP contribution >= 0.6 is 0 Å². The van der Waals surface area contributed by atoms with Crippen LogP contribution in [0.15, 0.2) is 24.3 Å². The monoisotopic (exact) mass is 470 g/mol. The number of halogens is 1. The molecule has 2 saturated heterocycles. The van der Waals surface area contributed by atoms with Crippen LogP contribution in [0.3, 0.4) is 0 Å². The Kier molecular flexibility index (Phi) is 13.0. The van der Waals surface area contributed by atoms with Gasteiger partial charge in [0, 0.05) is 6.42 Å². The first kappa shape index (κ1) is 28.3. The summed E-state index contributed by atoms with van der Waals surface area (Å²) in [6.07, 6.45) is 2.82. The van der Waals surface area contributed by atoms with E-state index in [1.54, 1.807) is 12.1 Å². The number of hydrogen-bond acceptors (Lipinski definition) is 7. The van der Waals surface area contributed by atoms with Gasteiger partial charge in [-0.1, -0.05) is 27.2 Å². The number of benzene rings is 1. The summed E-state index contributed by atoms with van der Waals surface area (Å²) < 4.78 is 33.4. The Labute approximate surface area is 194 Å². The summed E-state index contributed by atoms with van der Waals surface area (Å²) in [5.41, 5.74) is 0. The molecule has 0 radical (unpaired) electrons. The van der Waals surface area contributed by atoms with Crippen molar-refractivity contribution in [3.8, 4) is 5.75 Å². The fourth-order valence-electron chi connectivity index (χ4n) is 3.25. The van der Waals surface area contributed by atoms with Crippen molar-refractivity contribution in [2.45, 2.75) is 51.9 Å². The lowest BCUT2D eigenvalue weighted by Crippen LogP contribution is -2.45. The topological polar surface area (TPSA) is 103 Å². The van der Waals surface area contributed by atoms with Gasteiger partial charge in [-0.05, 0) is 30.7 Å². The van der Waals surface area contributed by atoms with E-state index in [0.717, 1.165) is 18.6 Å². The van der Waals surface area contributed by atoms with Crippen LogP contribution in [0, 0.1) is 5.82 Å². The van der Waals surface area contributed by atoms with Gasteiger partial charge in [0.25, 0.3) is 0 Å². The number of carbonyl (C=O) groups excluding carboxylic acids is 3. The van der Waals surface area contributed by atoms with E-state index in [0.29, 0.717) is 26.2 Å².